The van der Waals surface area contributed by atoms with E-state index in [1.165, 1.54) is 20.4 Å². The van der Waals surface area contributed by atoms with Gasteiger partial charge in [0, 0.05) is 32.1 Å². The fourth-order valence-corrected chi connectivity index (χ4v) is 2.53. The lowest BCUT2D eigenvalue weighted by molar-refractivity contribution is -0.0220. The summed E-state index contributed by atoms with van der Waals surface area (Å²) in [7, 11) is 2.94. The van der Waals surface area contributed by atoms with Crippen molar-refractivity contribution in [3.8, 4) is 23.1 Å². The van der Waals surface area contributed by atoms with Crippen LogP contribution in [0.4, 0.5) is 14.5 Å². The predicted octanol–water partition coefficient (Wildman–Crippen LogP) is 2.19. The minimum atomic E-state index is -2.59. The zero-order valence-corrected chi connectivity index (χ0v) is 13.4. The quantitative estimate of drug-likeness (QED) is 0.846. The Labute approximate surface area is 137 Å². The Bertz CT molecular complexity index is 719. The summed E-state index contributed by atoms with van der Waals surface area (Å²) < 4.78 is 36.8. The van der Waals surface area contributed by atoms with Crippen LogP contribution in [0.2, 0.25) is 0 Å². The van der Waals surface area contributed by atoms with Crippen molar-refractivity contribution in [1.82, 2.24) is 20.2 Å². The molecule has 128 valence electrons. The predicted molar refractivity (Wildman–Crippen MR) is 82.6 cm³/mol. The van der Waals surface area contributed by atoms with Gasteiger partial charge < -0.3 is 14.4 Å². The Balaban J connectivity index is 1.88. The van der Waals surface area contributed by atoms with Gasteiger partial charge in [0.05, 0.1) is 31.7 Å². The Morgan fingerprint density at radius 1 is 1.12 bits per heavy atom. The molecule has 0 unspecified atom stereocenters. The average Bonchev–Trinajstić information content (AvgIpc) is 2.61. The third kappa shape index (κ3) is 3.34. The molecule has 0 N–H and O–H groups in total. The smallest absolute Gasteiger partial charge is 0.319 e. The number of rotatable bonds is 4. The van der Waals surface area contributed by atoms with E-state index in [-0.39, 0.29) is 31.9 Å². The van der Waals surface area contributed by atoms with E-state index >= 15 is 0 Å². The molecule has 0 saturated carbocycles. The maximum absolute atomic E-state index is 13.3. The highest BCUT2D eigenvalue weighted by Crippen LogP contribution is 2.32. The summed E-state index contributed by atoms with van der Waals surface area (Å²) >= 11 is 0. The highest BCUT2D eigenvalue weighted by molar-refractivity contribution is 5.67. The molecule has 7 nitrogen and oxygen atoms in total. The maximum atomic E-state index is 13.3. The maximum Gasteiger partial charge on any atom is 0.319 e. The van der Waals surface area contributed by atoms with Crippen LogP contribution in [0.5, 0.6) is 11.9 Å². The molecule has 0 bridgehead atoms. The van der Waals surface area contributed by atoms with Gasteiger partial charge in [-0.25, -0.2) is 13.8 Å². The number of aromatic nitrogens is 4. The zero-order valence-electron chi connectivity index (χ0n) is 13.4. The SMILES string of the molecule is COc1ncc(-c2cc(N3CCC(F)(F)CC3)cnn2)c(OC)n1. The van der Waals surface area contributed by atoms with Crippen LogP contribution < -0.4 is 14.4 Å². The van der Waals surface area contributed by atoms with E-state index in [1.54, 1.807) is 12.3 Å². The molecule has 0 atom stereocenters. The van der Waals surface area contributed by atoms with Crippen LogP contribution in [0, 0.1) is 0 Å². The normalized spacial score (nSPS) is 16.8. The van der Waals surface area contributed by atoms with Gasteiger partial charge in [0.25, 0.3) is 5.92 Å². The van der Waals surface area contributed by atoms with Crippen molar-refractivity contribution in [2.75, 3.05) is 32.2 Å². The number of alkyl halides is 2. The van der Waals surface area contributed by atoms with E-state index < -0.39 is 5.92 Å². The highest BCUT2D eigenvalue weighted by Gasteiger charge is 2.34. The van der Waals surface area contributed by atoms with Crippen molar-refractivity contribution in [1.29, 1.82) is 0 Å². The van der Waals surface area contributed by atoms with Crippen LogP contribution in [0.15, 0.2) is 18.5 Å². The lowest BCUT2D eigenvalue weighted by Crippen LogP contribution is -2.39. The number of anilines is 1. The zero-order chi connectivity index (χ0) is 17.2. The molecule has 1 fully saturated rings. The third-order valence-corrected chi connectivity index (χ3v) is 3.88. The van der Waals surface area contributed by atoms with Crippen LogP contribution in [0.3, 0.4) is 0 Å². The molecule has 1 aliphatic heterocycles. The number of halogens is 2. The third-order valence-electron chi connectivity index (χ3n) is 3.88. The molecule has 3 rings (SSSR count). The number of nitrogens with zero attached hydrogens (tertiary/aromatic N) is 5. The molecule has 2 aromatic rings. The van der Waals surface area contributed by atoms with Gasteiger partial charge in [-0.1, -0.05) is 0 Å². The van der Waals surface area contributed by atoms with Crippen LogP contribution in [0.1, 0.15) is 12.8 Å². The summed E-state index contributed by atoms with van der Waals surface area (Å²) in [4.78, 5) is 10.0. The van der Waals surface area contributed by atoms with Crippen LogP contribution in [-0.4, -0.2) is 53.4 Å². The fraction of sp³-hybridized carbons (Fsp3) is 0.467. The first-order valence-corrected chi connectivity index (χ1v) is 7.43. The minimum Gasteiger partial charge on any atom is -0.480 e. The number of methoxy groups -OCH3 is 2. The lowest BCUT2D eigenvalue weighted by Gasteiger charge is -2.33. The standard InChI is InChI=1S/C15H17F2N5O2/c1-23-13-11(9-18-14(20-13)24-2)12-7-10(8-19-21-12)22-5-3-15(16,17)4-6-22/h7-9H,3-6H2,1-2H3. The highest BCUT2D eigenvalue weighted by atomic mass is 19.3. The van der Waals surface area contributed by atoms with Gasteiger partial charge in [-0.2, -0.15) is 15.2 Å². The summed E-state index contributed by atoms with van der Waals surface area (Å²) in [5.41, 5.74) is 1.78. The number of hydrogen-bond donors (Lipinski definition) is 0. The lowest BCUT2D eigenvalue weighted by atomic mass is 10.1. The first-order chi connectivity index (χ1) is 11.5. The Hall–Kier alpha value is -2.58. The molecule has 0 spiro atoms. The number of hydrogen-bond acceptors (Lipinski definition) is 7. The molecular weight excluding hydrogens is 320 g/mol. The molecule has 1 aliphatic rings. The molecule has 9 heteroatoms. The van der Waals surface area contributed by atoms with Gasteiger partial charge in [-0.05, 0) is 6.07 Å². The second-order valence-corrected chi connectivity index (χ2v) is 5.42. The topological polar surface area (TPSA) is 73.3 Å². The van der Waals surface area contributed by atoms with E-state index in [4.69, 9.17) is 9.47 Å². The molecule has 0 radical (unpaired) electrons. The second-order valence-electron chi connectivity index (χ2n) is 5.42. The fourth-order valence-electron chi connectivity index (χ4n) is 2.53. The van der Waals surface area contributed by atoms with E-state index in [1.807, 2.05) is 4.90 Å². The summed E-state index contributed by atoms with van der Waals surface area (Å²) in [5.74, 6) is -2.29. The van der Waals surface area contributed by atoms with Crippen molar-refractivity contribution in [3.63, 3.8) is 0 Å². The van der Waals surface area contributed by atoms with E-state index in [0.29, 0.717) is 17.1 Å². The summed E-state index contributed by atoms with van der Waals surface area (Å²) in [6.07, 6.45) is 2.76. The summed E-state index contributed by atoms with van der Waals surface area (Å²) in [6, 6.07) is 1.95. The van der Waals surface area contributed by atoms with Crippen LogP contribution >= 0.6 is 0 Å². The van der Waals surface area contributed by atoms with Crippen molar-refractivity contribution in [3.05, 3.63) is 18.5 Å². The van der Waals surface area contributed by atoms with Gasteiger partial charge in [0.15, 0.2) is 0 Å². The van der Waals surface area contributed by atoms with Gasteiger partial charge >= 0.3 is 6.01 Å². The second kappa shape index (κ2) is 6.50. The van der Waals surface area contributed by atoms with Gasteiger partial charge in [0.2, 0.25) is 5.88 Å². The van der Waals surface area contributed by atoms with E-state index in [2.05, 4.69) is 20.2 Å². The van der Waals surface area contributed by atoms with Gasteiger partial charge in [-0.15, -0.1) is 0 Å². The first-order valence-electron chi connectivity index (χ1n) is 7.43. The summed E-state index contributed by atoms with van der Waals surface area (Å²) in [5, 5.41) is 8.04. The largest absolute Gasteiger partial charge is 0.480 e. The molecular formula is C15H17F2N5O2. The molecule has 1 saturated heterocycles. The monoisotopic (exact) mass is 337 g/mol. The molecule has 24 heavy (non-hydrogen) atoms. The van der Waals surface area contributed by atoms with E-state index in [0.717, 1.165) is 5.69 Å². The number of ether oxygens (including phenoxy) is 2. The Morgan fingerprint density at radius 3 is 2.54 bits per heavy atom. The molecule has 0 aromatic carbocycles. The van der Waals surface area contributed by atoms with Crippen molar-refractivity contribution < 1.29 is 18.3 Å². The molecule has 0 amide bonds. The van der Waals surface area contributed by atoms with Gasteiger partial charge in [0.1, 0.15) is 5.69 Å². The van der Waals surface area contributed by atoms with Crippen molar-refractivity contribution in [2.24, 2.45) is 0 Å². The van der Waals surface area contributed by atoms with Crippen LogP contribution in [0.25, 0.3) is 11.3 Å². The molecule has 3 heterocycles. The molecule has 2 aromatic heterocycles. The Kier molecular flexibility index (Phi) is 4.41. The van der Waals surface area contributed by atoms with Crippen molar-refractivity contribution in [2.45, 2.75) is 18.8 Å². The Morgan fingerprint density at radius 2 is 1.88 bits per heavy atom. The van der Waals surface area contributed by atoms with Gasteiger partial charge in [-0.3, -0.25) is 0 Å². The average molecular weight is 337 g/mol. The molecule has 0 aliphatic carbocycles. The summed E-state index contributed by atoms with van der Waals surface area (Å²) in [6.45, 7) is 0.544. The van der Waals surface area contributed by atoms with Crippen molar-refractivity contribution >= 4 is 5.69 Å². The minimum absolute atomic E-state index is 0.167. The van der Waals surface area contributed by atoms with Crippen LogP contribution in [-0.2, 0) is 0 Å². The number of piperidine rings is 1. The first kappa shape index (κ1) is 16.3. The van der Waals surface area contributed by atoms with E-state index in [9.17, 15) is 8.78 Å².